The Morgan fingerprint density at radius 1 is 1.22 bits per heavy atom. The van der Waals surface area contributed by atoms with Gasteiger partial charge in [-0.25, -0.2) is 0 Å². The summed E-state index contributed by atoms with van der Waals surface area (Å²) in [4.78, 5) is 25.1. The fourth-order valence-corrected chi connectivity index (χ4v) is 3.78. The third-order valence-electron chi connectivity index (χ3n) is 2.31. The Hall–Kier alpha value is -0.971. The zero-order valence-corrected chi connectivity index (χ0v) is 12.9. The van der Waals surface area contributed by atoms with Crippen molar-refractivity contribution < 1.29 is 9.59 Å². The molecule has 1 N–H and O–H groups in total. The Morgan fingerprint density at radius 2 is 1.83 bits per heavy atom. The summed E-state index contributed by atoms with van der Waals surface area (Å²) < 4.78 is 2.78. The summed E-state index contributed by atoms with van der Waals surface area (Å²) in [7, 11) is 1.16. The third kappa shape index (κ3) is 4.72. The fraction of sp³-hybridized carbons (Fsp3) is 0.333. The van der Waals surface area contributed by atoms with Gasteiger partial charge in [0.2, 0.25) is 0 Å². The molecule has 0 atom stereocenters. The van der Waals surface area contributed by atoms with E-state index in [1.807, 2.05) is 32.0 Å². The van der Waals surface area contributed by atoms with Gasteiger partial charge in [-0.05, 0) is 0 Å². The van der Waals surface area contributed by atoms with Crippen LogP contribution in [0.2, 0.25) is 0 Å². The van der Waals surface area contributed by atoms with Crippen LogP contribution < -0.4 is 4.33 Å². The molecule has 0 aliphatic rings. The summed E-state index contributed by atoms with van der Waals surface area (Å²) in [5.41, 5.74) is 0.668. The van der Waals surface area contributed by atoms with E-state index in [0.29, 0.717) is 18.7 Å². The molecule has 2 amide bonds. The molecule has 98 valence electrons. The molecule has 4 nitrogen and oxygen atoms in total. The van der Waals surface area contributed by atoms with Crippen LogP contribution in [0.25, 0.3) is 0 Å². The quantitative estimate of drug-likeness (QED) is 0.841. The molecular formula is C12H16N2O2SSe. The van der Waals surface area contributed by atoms with Crippen LogP contribution in [0.1, 0.15) is 24.2 Å². The average molecular weight is 331 g/mol. The molecule has 0 radical (unpaired) electrons. The molecule has 1 aromatic rings. The topological polar surface area (TPSA) is 49.4 Å². The van der Waals surface area contributed by atoms with Gasteiger partial charge in [0.15, 0.2) is 0 Å². The summed E-state index contributed by atoms with van der Waals surface area (Å²) >= 11 is -0.271. The summed E-state index contributed by atoms with van der Waals surface area (Å²) in [5.74, 6) is 0. The number of hydrogen-bond acceptors (Lipinski definition) is 3. The molecule has 0 fully saturated rings. The summed E-state index contributed by atoms with van der Waals surface area (Å²) in [6.07, 6.45) is 0. The molecule has 0 bridgehead atoms. The first-order valence-electron chi connectivity index (χ1n) is 5.66. The van der Waals surface area contributed by atoms with Gasteiger partial charge < -0.3 is 0 Å². The zero-order valence-electron chi connectivity index (χ0n) is 10.4. The number of carbonyl (C=O) groups excluding carboxylic acids is 2. The maximum absolute atomic E-state index is 11.7. The van der Waals surface area contributed by atoms with Crippen LogP contribution in [-0.4, -0.2) is 43.2 Å². The predicted molar refractivity (Wildman–Crippen MR) is 75.6 cm³/mol. The van der Waals surface area contributed by atoms with Crippen LogP contribution in [0.3, 0.4) is 0 Å². The van der Waals surface area contributed by atoms with E-state index in [2.05, 4.69) is 4.33 Å². The van der Waals surface area contributed by atoms with E-state index in [0.717, 1.165) is 10.2 Å². The second kappa shape index (κ2) is 8.19. The van der Waals surface area contributed by atoms with Crippen molar-refractivity contribution in [2.75, 3.05) is 13.1 Å². The van der Waals surface area contributed by atoms with Gasteiger partial charge in [-0.15, -0.1) is 0 Å². The number of carbonyl (C=O) groups is 2. The molecular weight excluding hydrogens is 315 g/mol. The number of rotatable bonds is 5. The van der Waals surface area contributed by atoms with Crippen LogP contribution in [-0.2, 0) is 0 Å². The minimum absolute atomic E-state index is 0.00422. The number of hydrogen-bond donors (Lipinski definition) is 1. The number of amides is 2. The van der Waals surface area contributed by atoms with Crippen molar-refractivity contribution in [3.8, 4) is 0 Å². The Morgan fingerprint density at radius 3 is 2.39 bits per heavy atom. The zero-order chi connectivity index (χ0) is 13.4. The third-order valence-corrected chi connectivity index (χ3v) is 5.23. The van der Waals surface area contributed by atoms with Crippen molar-refractivity contribution in [3.63, 3.8) is 0 Å². The number of urea groups is 1. The molecule has 18 heavy (non-hydrogen) atoms. The Bertz CT molecular complexity index is 396. The van der Waals surface area contributed by atoms with Crippen LogP contribution in [0.15, 0.2) is 30.3 Å². The van der Waals surface area contributed by atoms with Crippen molar-refractivity contribution in [2.24, 2.45) is 0 Å². The SMILES string of the molecule is CCN(CC)C(=O)N[Se]SC(=O)c1ccccc1. The molecule has 1 rings (SSSR count). The molecule has 0 unspecified atom stereocenters. The average Bonchev–Trinajstić information content (AvgIpc) is 2.41. The van der Waals surface area contributed by atoms with Crippen LogP contribution in [0.4, 0.5) is 4.79 Å². The van der Waals surface area contributed by atoms with Crippen molar-refractivity contribution in [2.45, 2.75) is 13.8 Å². The minimum atomic E-state index is -0.271. The van der Waals surface area contributed by atoms with Gasteiger partial charge in [-0.2, -0.15) is 0 Å². The van der Waals surface area contributed by atoms with E-state index >= 15 is 0 Å². The molecule has 0 heterocycles. The Labute approximate surface area is 117 Å². The predicted octanol–water partition coefficient (Wildman–Crippen LogP) is 2.15. The molecule has 0 saturated carbocycles. The van der Waals surface area contributed by atoms with Gasteiger partial charge in [-0.3, -0.25) is 0 Å². The van der Waals surface area contributed by atoms with Crippen LogP contribution in [0.5, 0.6) is 0 Å². The Kier molecular flexibility index (Phi) is 6.86. The van der Waals surface area contributed by atoms with E-state index in [4.69, 9.17) is 0 Å². The molecule has 0 aliphatic heterocycles. The number of nitrogens with zero attached hydrogens (tertiary/aromatic N) is 1. The normalized spacial score (nSPS) is 9.89. The number of nitrogens with one attached hydrogen (secondary N) is 1. The van der Waals surface area contributed by atoms with Gasteiger partial charge in [-0.1, -0.05) is 0 Å². The monoisotopic (exact) mass is 332 g/mol. The fourth-order valence-electron chi connectivity index (χ4n) is 1.29. The molecule has 0 spiro atoms. The van der Waals surface area contributed by atoms with Gasteiger partial charge in [0.1, 0.15) is 0 Å². The van der Waals surface area contributed by atoms with Gasteiger partial charge in [0.05, 0.1) is 0 Å². The summed E-state index contributed by atoms with van der Waals surface area (Å²) in [5, 5.41) is -0.00422. The van der Waals surface area contributed by atoms with E-state index in [1.165, 1.54) is 0 Å². The second-order valence-corrected chi connectivity index (χ2v) is 6.63. The van der Waals surface area contributed by atoms with Crippen LogP contribution >= 0.6 is 10.2 Å². The summed E-state index contributed by atoms with van der Waals surface area (Å²) in [6, 6.07) is 8.97. The van der Waals surface area contributed by atoms with Crippen molar-refractivity contribution in [3.05, 3.63) is 35.9 Å². The maximum atomic E-state index is 11.7. The van der Waals surface area contributed by atoms with Crippen LogP contribution in [0, 0.1) is 0 Å². The van der Waals surface area contributed by atoms with E-state index in [1.54, 1.807) is 17.0 Å². The molecule has 6 heteroatoms. The molecule has 0 aliphatic carbocycles. The first-order chi connectivity index (χ1) is 8.69. The number of benzene rings is 1. The van der Waals surface area contributed by atoms with Crippen molar-refractivity contribution in [1.82, 2.24) is 9.23 Å². The van der Waals surface area contributed by atoms with Gasteiger partial charge >= 0.3 is 117 Å². The van der Waals surface area contributed by atoms with Crippen molar-refractivity contribution in [1.29, 1.82) is 0 Å². The van der Waals surface area contributed by atoms with Crippen molar-refractivity contribution >= 4 is 35.4 Å². The molecule has 0 aromatic heterocycles. The first kappa shape index (κ1) is 15.1. The molecule has 0 saturated heterocycles. The standard InChI is InChI=1S/C12H16N2O2SSe/c1-3-14(4-2)12(16)13-18-17-11(15)10-8-6-5-7-9-10/h5-9H,3-4H2,1-2H3,(H,13,16). The van der Waals surface area contributed by atoms with E-state index in [9.17, 15) is 9.59 Å². The first-order valence-corrected chi connectivity index (χ1v) is 9.36. The van der Waals surface area contributed by atoms with E-state index in [-0.39, 0.29) is 25.2 Å². The second-order valence-electron chi connectivity index (χ2n) is 3.40. The Balaban J connectivity index is 2.34. The van der Waals surface area contributed by atoms with Gasteiger partial charge in [0, 0.05) is 0 Å². The summed E-state index contributed by atoms with van der Waals surface area (Å²) in [6.45, 7) is 5.21. The van der Waals surface area contributed by atoms with E-state index < -0.39 is 0 Å². The molecule has 1 aromatic carbocycles. The van der Waals surface area contributed by atoms with Gasteiger partial charge in [0.25, 0.3) is 0 Å².